The van der Waals surface area contributed by atoms with E-state index in [2.05, 4.69) is 5.32 Å². The number of halogens is 1. The van der Waals surface area contributed by atoms with Gasteiger partial charge in [-0.05, 0) is 30.5 Å². The zero-order valence-electron chi connectivity index (χ0n) is 12.8. The van der Waals surface area contributed by atoms with Crippen LogP contribution in [0.15, 0.2) is 12.1 Å². The van der Waals surface area contributed by atoms with Gasteiger partial charge in [0.15, 0.2) is 11.5 Å². The average Bonchev–Trinajstić information content (AvgIpc) is 2.98. The van der Waals surface area contributed by atoms with Crippen molar-refractivity contribution in [3.8, 4) is 11.5 Å². The van der Waals surface area contributed by atoms with Gasteiger partial charge in [-0.25, -0.2) is 0 Å². The molecule has 0 saturated heterocycles. The van der Waals surface area contributed by atoms with Gasteiger partial charge in [0.25, 0.3) is 0 Å². The number of fused-ring (bicyclic) bond motifs is 1. The molecule has 0 radical (unpaired) electrons. The first-order chi connectivity index (χ1) is 11.1. The molecule has 126 valence electrons. The number of carbonyl (C=O) groups excluding carboxylic acids is 1. The van der Waals surface area contributed by atoms with Crippen LogP contribution in [-0.2, 0) is 4.79 Å². The molecule has 3 rings (SSSR count). The minimum atomic E-state index is -0.870. The predicted octanol–water partition coefficient (Wildman–Crippen LogP) is 1.39. The molecule has 1 aliphatic heterocycles. The highest BCUT2D eigenvalue weighted by atomic mass is 35.5. The van der Waals surface area contributed by atoms with Gasteiger partial charge in [-0.15, -0.1) is 0 Å². The van der Waals surface area contributed by atoms with Crippen LogP contribution in [0.5, 0.6) is 11.5 Å². The highest BCUT2D eigenvalue weighted by Gasteiger charge is 2.30. The molecule has 7 heteroatoms. The number of nitrogens with one attached hydrogen (secondary N) is 1. The highest BCUT2D eigenvalue weighted by molar-refractivity contribution is 6.32. The van der Waals surface area contributed by atoms with Crippen LogP contribution in [0.3, 0.4) is 0 Å². The van der Waals surface area contributed by atoms with Crippen molar-refractivity contribution in [1.82, 2.24) is 5.32 Å². The molecule has 3 unspecified atom stereocenters. The van der Waals surface area contributed by atoms with E-state index >= 15 is 0 Å². The van der Waals surface area contributed by atoms with E-state index in [1.54, 1.807) is 12.1 Å². The van der Waals surface area contributed by atoms with Crippen LogP contribution < -0.4 is 20.5 Å². The Morgan fingerprint density at radius 2 is 2.17 bits per heavy atom. The standard InChI is InChI=1S/C16H21ClN2O4/c17-11-6-9(7-14-15(11)23-5-4-22-14)13(20)8-19-16(21)10-2-1-3-12(10)18/h6-7,10,12-13,20H,1-5,8,18H2,(H,19,21). The third kappa shape index (κ3) is 3.54. The van der Waals surface area contributed by atoms with Crippen LogP contribution in [0.4, 0.5) is 0 Å². The van der Waals surface area contributed by atoms with E-state index in [1.807, 2.05) is 0 Å². The molecule has 1 aliphatic carbocycles. The number of ether oxygens (including phenoxy) is 2. The van der Waals surface area contributed by atoms with Gasteiger partial charge in [0.2, 0.25) is 5.91 Å². The number of rotatable bonds is 4. The van der Waals surface area contributed by atoms with Gasteiger partial charge in [0.05, 0.1) is 17.0 Å². The molecular formula is C16H21ClN2O4. The lowest BCUT2D eigenvalue weighted by atomic mass is 10.0. The lowest BCUT2D eigenvalue weighted by molar-refractivity contribution is -0.125. The zero-order valence-corrected chi connectivity index (χ0v) is 13.5. The molecule has 0 bridgehead atoms. The Hall–Kier alpha value is -1.50. The Labute approximate surface area is 139 Å². The third-order valence-electron chi connectivity index (χ3n) is 4.38. The molecule has 1 amide bonds. The summed E-state index contributed by atoms with van der Waals surface area (Å²) >= 11 is 6.16. The molecule has 0 aromatic heterocycles. The summed E-state index contributed by atoms with van der Waals surface area (Å²) in [7, 11) is 0. The van der Waals surface area contributed by atoms with Crippen molar-refractivity contribution in [1.29, 1.82) is 0 Å². The van der Waals surface area contributed by atoms with Gasteiger partial charge < -0.3 is 25.6 Å². The first kappa shape index (κ1) is 16.4. The van der Waals surface area contributed by atoms with Gasteiger partial charge in [-0.1, -0.05) is 18.0 Å². The summed E-state index contributed by atoms with van der Waals surface area (Å²) in [6.07, 6.45) is 1.78. The monoisotopic (exact) mass is 340 g/mol. The molecule has 1 fully saturated rings. The second kappa shape index (κ2) is 6.95. The smallest absolute Gasteiger partial charge is 0.224 e. The van der Waals surface area contributed by atoms with Crippen LogP contribution in [0, 0.1) is 5.92 Å². The highest BCUT2D eigenvalue weighted by Crippen LogP contribution is 2.39. The van der Waals surface area contributed by atoms with Crippen LogP contribution in [-0.4, -0.2) is 36.8 Å². The molecule has 23 heavy (non-hydrogen) atoms. The fourth-order valence-electron chi connectivity index (χ4n) is 3.08. The lowest BCUT2D eigenvalue weighted by Crippen LogP contribution is -2.40. The maximum atomic E-state index is 12.1. The third-order valence-corrected chi connectivity index (χ3v) is 4.66. The van der Waals surface area contributed by atoms with Gasteiger partial charge in [0, 0.05) is 12.6 Å². The number of carbonyl (C=O) groups is 1. The summed E-state index contributed by atoms with van der Waals surface area (Å²) in [6.45, 7) is 1.00. The maximum absolute atomic E-state index is 12.1. The lowest BCUT2D eigenvalue weighted by Gasteiger charge is -2.22. The van der Waals surface area contributed by atoms with Crippen LogP contribution >= 0.6 is 11.6 Å². The first-order valence-electron chi connectivity index (χ1n) is 7.86. The average molecular weight is 341 g/mol. The normalized spacial score (nSPS) is 24.3. The minimum Gasteiger partial charge on any atom is -0.486 e. The Kier molecular flexibility index (Phi) is 4.94. The van der Waals surface area contributed by atoms with Crippen molar-refractivity contribution in [3.05, 3.63) is 22.7 Å². The number of hydrogen-bond acceptors (Lipinski definition) is 5. The van der Waals surface area contributed by atoms with E-state index in [-0.39, 0.29) is 24.4 Å². The molecule has 1 heterocycles. The van der Waals surface area contributed by atoms with Crippen molar-refractivity contribution in [3.63, 3.8) is 0 Å². The molecule has 2 aliphatic rings. The zero-order chi connectivity index (χ0) is 16.4. The minimum absolute atomic E-state index is 0.0871. The van der Waals surface area contributed by atoms with Crippen LogP contribution in [0.1, 0.15) is 30.9 Å². The van der Waals surface area contributed by atoms with Gasteiger partial charge in [0.1, 0.15) is 13.2 Å². The van der Waals surface area contributed by atoms with Crippen molar-refractivity contribution in [2.45, 2.75) is 31.4 Å². The van der Waals surface area contributed by atoms with E-state index in [0.717, 1.165) is 19.3 Å². The topological polar surface area (TPSA) is 93.8 Å². The quantitative estimate of drug-likeness (QED) is 0.770. The van der Waals surface area contributed by atoms with Crippen molar-refractivity contribution in [2.24, 2.45) is 11.7 Å². The van der Waals surface area contributed by atoms with Crippen molar-refractivity contribution < 1.29 is 19.4 Å². The molecule has 4 N–H and O–H groups in total. The summed E-state index contributed by atoms with van der Waals surface area (Å²) < 4.78 is 10.9. The van der Waals surface area contributed by atoms with E-state index in [9.17, 15) is 9.90 Å². The van der Waals surface area contributed by atoms with Crippen LogP contribution in [0.25, 0.3) is 0 Å². The predicted molar refractivity (Wildman–Crippen MR) is 85.7 cm³/mol. The Balaban J connectivity index is 1.63. The SMILES string of the molecule is NC1CCCC1C(=O)NCC(O)c1cc(Cl)c2c(c1)OCCO2. The van der Waals surface area contributed by atoms with E-state index < -0.39 is 6.10 Å². The molecule has 1 aromatic rings. The fourth-order valence-corrected chi connectivity index (χ4v) is 3.36. The second-order valence-corrected chi connectivity index (χ2v) is 6.40. The molecular weight excluding hydrogens is 320 g/mol. The molecule has 0 spiro atoms. The largest absolute Gasteiger partial charge is 0.486 e. The van der Waals surface area contributed by atoms with Crippen molar-refractivity contribution >= 4 is 17.5 Å². The molecule has 3 atom stereocenters. The summed E-state index contributed by atoms with van der Waals surface area (Å²) in [5, 5.41) is 13.5. The summed E-state index contributed by atoms with van der Waals surface area (Å²) in [6, 6.07) is 3.24. The van der Waals surface area contributed by atoms with Crippen LogP contribution in [0.2, 0.25) is 5.02 Å². The Bertz CT molecular complexity index is 596. The Morgan fingerprint density at radius 1 is 1.39 bits per heavy atom. The number of hydrogen-bond donors (Lipinski definition) is 3. The molecule has 6 nitrogen and oxygen atoms in total. The van der Waals surface area contributed by atoms with Crippen molar-refractivity contribution in [2.75, 3.05) is 19.8 Å². The maximum Gasteiger partial charge on any atom is 0.224 e. The first-order valence-corrected chi connectivity index (χ1v) is 8.24. The number of amides is 1. The number of benzene rings is 1. The summed E-state index contributed by atoms with van der Waals surface area (Å²) in [4.78, 5) is 12.1. The summed E-state index contributed by atoms with van der Waals surface area (Å²) in [5.74, 6) is 0.750. The van der Waals surface area contributed by atoms with E-state index in [0.29, 0.717) is 35.3 Å². The molecule has 1 saturated carbocycles. The van der Waals surface area contributed by atoms with Gasteiger partial charge >= 0.3 is 0 Å². The number of aliphatic hydroxyl groups is 1. The fraction of sp³-hybridized carbons (Fsp3) is 0.562. The van der Waals surface area contributed by atoms with Gasteiger partial charge in [-0.3, -0.25) is 4.79 Å². The molecule has 1 aromatic carbocycles. The van der Waals surface area contributed by atoms with Gasteiger partial charge in [-0.2, -0.15) is 0 Å². The van der Waals surface area contributed by atoms with E-state index in [4.69, 9.17) is 26.8 Å². The number of nitrogens with two attached hydrogens (primary N) is 1. The van der Waals surface area contributed by atoms with E-state index in [1.165, 1.54) is 0 Å². The Morgan fingerprint density at radius 3 is 2.91 bits per heavy atom. The summed E-state index contributed by atoms with van der Waals surface area (Å²) in [5.41, 5.74) is 6.50. The number of aliphatic hydroxyl groups excluding tert-OH is 1. The second-order valence-electron chi connectivity index (χ2n) is 5.99.